The predicted octanol–water partition coefficient (Wildman–Crippen LogP) is 4.63. The van der Waals surface area contributed by atoms with Gasteiger partial charge in [0.1, 0.15) is 0 Å². The number of carbonyl (C=O) groups excluding carboxylic acids is 1. The van der Waals surface area contributed by atoms with E-state index in [2.05, 4.69) is 13.8 Å². The molecular formula is C14H31NO2. The molecule has 3 nitrogen and oxygen atoms in total. The van der Waals surface area contributed by atoms with Crippen molar-refractivity contribution in [1.82, 2.24) is 6.15 Å². The fourth-order valence-corrected chi connectivity index (χ4v) is 1.66. The van der Waals surface area contributed by atoms with Gasteiger partial charge in [-0.25, -0.2) is 0 Å². The minimum atomic E-state index is -0.00648. The summed E-state index contributed by atoms with van der Waals surface area (Å²) in [5, 5.41) is 0. The first-order valence-electron chi connectivity index (χ1n) is 6.96. The van der Waals surface area contributed by atoms with Gasteiger partial charge in [-0.2, -0.15) is 0 Å². The predicted molar refractivity (Wildman–Crippen MR) is 73.5 cm³/mol. The first-order valence-corrected chi connectivity index (χ1v) is 6.96. The Morgan fingerprint density at radius 2 is 1.35 bits per heavy atom. The van der Waals surface area contributed by atoms with Crippen LogP contribution in [0.3, 0.4) is 0 Å². The molecule has 0 bridgehead atoms. The Morgan fingerprint density at radius 1 is 0.824 bits per heavy atom. The van der Waals surface area contributed by atoms with Crippen LogP contribution in [-0.4, -0.2) is 12.6 Å². The lowest BCUT2D eigenvalue weighted by Crippen LogP contribution is -2.05. The molecule has 0 fully saturated rings. The van der Waals surface area contributed by atoms with E-state index in [9.17, 15) is 4.79 Å². The Morgan fingerprint density at radius 3 is 1.94 bits per heavy atom. The number of ether oxygens (including phenoxy) is 1. The van der Waals surface area contributed by atoms with E-state index in [1.807, 2.05) is 0 Å². The van der Waals surface area contributed by atoms with Crippen molar-refractivity contribution < 1.29 is 9.53 Å². The van der Waals surface area contributed by atoms with Crippen molar-refractivity contribution in [2.24, 2.45) is 0 Å². The van der Waals surface area contributed by atoms with Gasteiger partial charge < -0.3 is 10.9 Å². The lowest BCUT2D eigenvalue weighted by Gasteiger charge is -2.04. The van der Waals surface area contributed by atoms with E-state index >= 15 is 0 Å². The second-order valence-corrected chi connectivity index (χ2v) is 4.45. The highest BCUT2D eigenvalue weighted by Crippen LogP contribution is 2.06. The van der Waals surface area contributed by atoms with E-state index in [1.54, 1.807) is 0 Å². The quantitative estimate of drug-likeness (QED) is 0.426. The normalized spacial score (nSPS) is 9.76. The van der Waals surface area contributed by atoms with Crippen molar-refractivity contribution in [3.63, 3.8) is 0 Å². The largest absolute Gasteiger partial charge is 0.466 e. The number of carbonyl (C=O) groups is 1. The maximum Gasteiger partial charge on any atom is 0.305 e. The summed E-state index contributed by atoms with van der Waals surface area (Å²) in [5.74, 6) is -0.00648. The van der Waals surface area contributed by atoms with Gasteiger partial charge in [-0.15, -0.1) is 0 Å². The summed E-state index contributed by atoms with van der Waals surface area (Å²) in [6.45, 7) is 5.00. The van der Waals surface area contributed by atoms with Gasteiger partial charge in [0.25, 0.3) is 0 Å². The van der Waals surface area contributed by atoms with Gasteiger partial charge in [0.05, 0.1) is 6.61 Å². The molecule has 0 aromatic rings. The van der Waals surface area contributed by atoms with Crippen LogP contribution >= 0.6 is 0 Å². The van der Waals surface area contributed by atoms with Crippen molar-refractivity contribution in [3.05, 3.63) is 0 Å². The monoisotopic (exact) mass is 245 g/mol. The van der Waals surface area contributed by atoms with E-state index in [-0.39, 0.29) is 12.1 Å². The van der Waals surface area contributed by atoms with Gasteiger partial charge >= 0.3 is 5.97 Å². The summed E-state index contributed by atoms with van der Waals surface area (Å²) in [4.78, 5) is 11.3. The van der Waals surface area contributed by atoms with Crippen molar-refractivity contribution in [2.45, 2.75) is 78.1 Å². The summed E-state index contributed by atoms with van der Waals surface area (Å²) in [6, 6.07) is 0. The Kier molecular flexibility index (Phi) is 17.1. The number of rotatable bonds is 11. The average molecular weight is 245 g/mol. The number of hydrogen-bond donors (Lipinski definition) is 1. The molecule has 17 heavy (non-hydrogen) atoms. The topological polar surface area (TPSA) is 61.3 Å². The zero-order valence-electron chi connectivity index (χ0n) is 11.8. The Hall–Kier alpha value is -0.570. The van der Waals surface area contributed by atoms with E-state index < -0.39 is 0 Å². The highest BCUT2D eigenvalue weighted by molar-refractivity contribution is 5.69. The Bertz CT molecular complexity index is 144. The lowest BCUT2D eigenvalue weighted by atomic mass is 10.1. The molecule has 0 unspecified atom stereocenters. The summed E-state index contributed by atoms with van der Waals surface area (Å²) in [5.41, 5.74) is 0. The molecule has 0 aromatic carbocycles. The van der Waals surface area contributed by atoms with Crippen LogP contribution in [0, 0.1) is 0 Å². The third-order valence-electron chi connectivity index (χ3n) is 2.75. The van der Waals surface area contributed by atoms with Gasteiger partial charge in [0.15, 0.2) is 0 Å². The fraction of sp³-hybridized carbons (Fsp3) is 0.929. The van der Waals surface area contributed by atoms with Gasteiger partial charge in [-0.3, -0.25) is 4.79 Å². The molecule has 0 rings (SSSR count). The molecule has 104 valence electrons. The minimum absolute atomic E-state index is 0. The van der Waals surface area contributed by atoms with Crippen LogP contribution in [0.15, 0.2) is 0 Å². The van der Waals surface area contributed by atoms with Gasteiger partial charge in [-0.05, 0) is 12.8 Å². The third kappa shape index (κ3) is 15.4. The lowest BCUT2D eigenvalue weighted by molar-refractivity contribution is -0.143. The highest BCUT2D eigenvalue weighted by Gasteiger charge is 2.01. The zero-order chi connectivity index (χ0) is 12.1. The molecule has 0 saturated carbocycles. The number of unbranched alkanes of at least 4 members (excludes halogenated alkanes) is 7. The van der Waals surface area contributed by atoms with Crippen LogP contribution in [0.2, 0.25) is 0 Å². The summed E-state index contributed by atoms with van der Waals surface area (Å²) in [7, 11) is 0. The number of hydrogen-bond acceptors (Lipinski definition) is 3. The summed E-state index contributed by atoms with van der Waals surface area (Å²) >= 11 is 0. The molecule has 0 aromatic heterocycles. The molecule has 3 heteroatoms. The second kappa shape index (κ2) is 15.4. The molecule has 0 saturated heterocycles. The van der Waals surface area contributed by atoms with Crippen LogP contribution in [-0.2, 0) is 9.53 Å². The smallest absolute Gasteiger partial charge is 0.305 e. The molecular weight excluding hydrogens is 214 g/mol. The molecule has 3 N–H and O–H groups in total. The Labute approximate surface area is 107 Å². The molecule has 0 aliphatic heterocycles. The standard InChI is InChI=1S/C14H28O2.H3N/c1-3-5-7-9-10-12-14(15)16-13-11-8-6-4-2;/h3-13H2,1-2H3;1H3. The second-order valence-electron chi connectivity index (χ2n) is 4.45. The molecule has 0 spiro atoms. The first kappa shape index (κ1) is 18.8. The molecule has 0 aliphatic rings. The molecule has 0 amide bonds. The van der Waals surface area contributed by atoms with Gasteiger partial charge in [-0.1, -0.05) is 58.8 Å². The molecule has 0 radical (unpaired) electrons. The van der Waals surface area contributed by atoms with E-state index in [0.29, 0.717) is 13.0 Å². The van der Waals surface area contributed by atoms with Gasteiger partial charge in [0.2, 0.25) is 0 Å². The Balaban J connectivity index is 0. The molecule has 0 heterocycles. The van der Waals surface area contributed by atoms with Crippen LogP contribution in [0.25, 0.3) is 0 Å². The SMILES string of the molecule is CCCCCCCC(=O)OCCCCCC.N. The van der Waals surface area contributed by atoms with Crippen molar-refractivity contribution in [2.75, 3.05) is 6.61 Å². The van der Waals surface area contributed by atoms with Crippen molar-refractivity contribution >= 4 is 5.97 Å². The number of esters is 1. The zero-order valence-corrected chi connectivity index (χ0v) is 11.8. The maximum absolute atomic E-state index is 11.3. The van der Waals surface area contributed by atoms with Crippen LogP contribution in [0.4, 0.5) is 0 Å². The van der Waals surface area contributed by atoms with Crippen molar-refractivity contribution in [1.29, 1.82) is 0 Å². The maximum atomic E-state index is 11.3. The van der Waals surface area contributed by atoms with Crippen molar-refractivity contribution in [3.8, 4) is 0 Å². The molecule has 0 atom stereocenters. The fourth-order valence-electron chi connectivity index (χ4n) is 1.66. The van der Waals surface area contributed by atoms with Crippen LogP contribution in [0.1, 0.15) is 78.1 Å². The first-order chi connectivity index (χ1) is 7.81. The van der Waals surface area contributed by atoms with E-state index in [0.717, 1.165) is 12.8 Å². The third-order valence-corrected chi connectivity index (χ3v) is 2.75. The van der Waals surface area contributed by atoms with E-state index in [4.69, 9.17) is 4.74 Å². The minimum Gasteiger partial charge on any atom is -0.466 e. The summed E-state index contributed by atoms with van der Waals surface area (Å²) < 4.78 is 5.16. The van der Waals surface area contributed by atoms with Crippen LogP contribution < -0.4 is 6.15 Å². The average Bonchev–Trinajstić information content (AvgIpc) is 2.28. The summed E-state index contributed by atoms with van der Waals surface area (Å²) in [6.07, 6.45) is 11.2. The van der Waals surface area contributed by atoms with Crippen LogP contribution in [0.5, 0.6) is 0 Å². The van der Waals surface area contributed by atoms with Gasteiger partial charge in [0, 0.05) is 6.42 Å². The molecule has 0 aliphatic carbocycles. The highest BCUT2D eigenvalue weighted by atomic mass is 16.5. The van der Waals surface area contributed by atoms with E-state index in [1.165, 1.54) is 44.9 Å².